The van der Waals surface area contributed by atoms with Gasteiger partial charge in [-0.3, -0.25) is 9.36 Å². The topological polar surface area (TPSA) is 121 Å². The predicted octanol–water partition coefficient (Wildman–Crippen LogP) is 0.391. The molecule has 2 saturated heterocycles. The number of rotatable bonds is 4. The summed E-state index contributed by atoms with van der Waals surface area (Å²) in [6.07, 6.45) is 3.15. The molecule has 4 aromatic rings. The Balaban J connectivity index is 1.17. The van der Waals surface area contributed by atoms with E-state index in [4.69, 9.17) is 16.1 Å². The van der Waals surface area contributed by atoms with Crippen LogP contribution in [-0.4, -0.2) is 52.3 Å². The Morgan fingerprint density at radius 2 is 2.27 bits per heavy atom. The van der Waals surface area contributed by atoms with E-state index in [2.05, 4.69) is 35.3 Å². The van der Waals surface area contributed by atoms with Crippen molar-refractivity contribution < 1.29 is 4.52 Å². The Kier molecular flexibility index (Phi) is 2.86. The Morgan fingerprint density at radius 3 is 3.10 bits per heavy atom. The lowest BCUT2D eigenvalue weighted by Gasteiger charge is -2.17. The second-order valence-corrected chi connectivity index (χ2v) is 8.51. The van der Waals surface area contributed by atoms with Crippen LogP contribution in [0.25, 0.3) is 11.2 Å². The Hall–Kier alpha value is -3.34. The molecule has 0 aromatic carbocycles. The third kappa shape index (κ3) is 1.88. The minimum Gasteiger partial charge on any atom is -0.352 e. The van der Waals surface area contributed by atoms with Crippen molar-refractivity contribution in [2.45, 2.75) is 18.0 Å². The molecule has 2 bridgehead atoms. The van der Waals surface area contributed by atoms with E-state index in [1.807, 2.05) is 6.07 Å². The van der Waals surface area contributed by atoms with E-state index in [1.165, 1.54) is 15.6 Å². The van der Waals surface area contributed by atoms with Crippen LogP contribution in [0.15, 0.2) is 34.0 Å². The van der Waals surface area contributed by atoms with Gasteiger partial charge in [0.25, 0.3) is 5.56 Å². The maximum atomic E-state index is 12.7. The van der Waals surface area contributed by atoms with Crippen LogP contribution >= 0.6 is 11.6 Å². The van der Waals surface area contributed by atoms with Gasteiger partial charge in [0.15, 0.2) is 11.3 Å². The molecule has 0 N–H and O–H groups in total. The van der Waals surface area contributed by atoms with Crippen molar-refractivity contribution >= 4 is 28.6 Å². The molecule has 12 heteroatoms. The van der Waals surface area contributed by atoms with Gasteiger partial charge >= 0.3 is 0 Å². The van der Waals surface area contributed by atoms with Gasteiger partial charge in [0, 0.05) is 36.8 Å². The fraction of sp³-hybridized carbons (Fsp3) is 0.389. The Labute approximate surface area is 173 Å². The zero-order valence-electron chi connectivity index (χ0n) is 15.7. The van der Waals surface area contributed by atoms with Crippen molar-refractivity contribution in [2.24, 2.45) is 18.9 Å². The van der Waals surface area contributed by atoms with Gasteiger partial charge in [0.1, 0.15) is 18.7 Å². The van der Waals surface area contributed by atoms with Crippen LogP contribution in [0, 0.1) is 11.8 Å². The second-order valence-electron chi connectivity index (χ2n) is 8.07. The smallest absolute Gasteiger partial charge is 0.281 e. The van der Waals surface area contributed by atoms with E-state index in [9.17, 15) is 4.79 Å². The second kappa shape index (κ2) is 5.22. The molecule has 4 fully saturated rings. The first kappa shape index (κ1) is 16.5. The molecule has 4 aromatic heterocycles. The lowest BCUT2D eigenvalue weighted by atomic mass is 10.1. The number of hydrogen-bond acceptors (Lipinski definition) is 9. The first-order chi connectivity index (χ1) is 14.6. The largest absolute Gasteiger partial charge is 0.352 e. The van der Waals surface area contributed by atoms with Crippen molar-refractivity contribution in [1.29, 1.82) is 0 Å². The third-order valence-electron chi connectivity index (χ3n) is 6.69. The first-order valence-electron chi connectivity index (χ1n) is 9.55. The Bertz CT molecular complexity index is 1400. The molecule has 0 amide bonds. The molecule has 4 aliphatic rings. The highest BCUT2D eigenvalue weighted by molar-refractivity contribution is 6.30. The highest BCUT2D eigenvalue weighted by Gasteiger charge is 2.95. The maximum Gasteiger partial charge on any atom is 0.281 e. The standard InChI is InChI=1S/C18H14ClN9O2/c1-26-13-15(23-25-26)21-7-27(16(13)29)6-11-22-17(24-30-11)18-9-5-28(14(18)12(9)18)10-4-8(19)2-3-20-10/h2-4,7,9,12,14H,5-6H2,1H3/t9-,12-,14?,18-/m1/s1. The van der Waals surface area contributed by atoms with Crippen LogP contribution in [0.4, 0.5) is 5.82 Å². The van der Waals surface area contributed by atoms with Gasteiger partial charge in [0.2, 0.25) is 11.5 Å². The molecule has 6 heterocycles. The van der Waals surface area contributed by atoms with Gasteiger partial charge in [-0.2, -0.15) is 4.98 Å². The molecular weight excluding hydrogens is 410 g/mol. The zero-order valence-corrected chi connectivity index (χ0v) is 16.4. The fourth-order valence-corrected chi connectivity index (χ4v) is 5.41. The van der Waals surface area contributed by atoms with Crippen LogP contribution in [0.3, 0.4) is 0 Å². The molecular formula is C18H14ClN9O2. The van der Waals surface area contributed by atoms with Crippen molar-refractivity contribution in [3.63, 3.8) is 0 Å². The first-order valence-corrected chi connectivity index (χ1v) is 9.93. The lowest BCUT2D eigenvalue weighted by molar-refractivity contribution is 0.362. The fourth-order valence-electron chi connectivity index (χ4n) is 5.26. The van der Waals surface area contributed by atoms with E-state index in [0.29, 0.717) is 45.8 Å². The number of pyridine rings is 1. The molecule has 4 atom stereocenters. The van der Waals surface area contributed by atoms with Crippen LogP contribution in [0.2, 0.25) is 5.02 Å². The minimum absolute atomic E-state index is 0.0507. The summed E-state index contributed by atoms with van der Waals surface area (Å²) in [5.41, 5.74) is 0.349. The maximum absolute atomic E-state index is 12.7. The number of piperidine rings is 1. The van der Waals surface area contributed by atoms with Crippen LogP contribution in [-0.2, 0) is 19.0 Å². The summed E-state index contributed by atoms with van der Waals surface area (Å²) >= 11 is 6.13. The molecule has 2 aliphatic carbocycles. The molecule has 8 rings (SSSR count). The summed E-state index contributed by atoms with van der Waals surface area (Å²) < 4.78 is 8.32. The van der Waals surface area contributed by atoms with E-state index in [1.54, 1.807) is 19.3 Å². The molecule has 2 saturated carbocycles. The minimum atomic E-state index is -0.251. The molecule has 0 spiro atoms. The Morgan fingerprint density at radius 1 is 1.37 bits per heavy atom. The summed E-state index contributed by atoms with van der Waals surface area (Å²) in [5.74, 6) is 3.02. The number of aromatic nitrogens is 8. The number of fused-ring (bicyclic) bond motifs is 2. The number of anilines is 1. The average Bonchev–Trinajstić information content (AvgIpc) is 3.21. The van der Waals surface area contributed by atoms with Crippen LogP contribution in [0.5, 0.6) is 0 Å². The van der Waals surface area contributed by atoms with Gasteiger partial charge in [-0.25, -0.2) is 14.6 Å². The van der Waals surface area contributed by atoms with Gasteiger partial charge < -0.3 is 9.42 Å². The van der Waals surface area contributed by atoms with Gasteiger partial charge in [-0.1, -0.05) is 22.0 Å². The highest BCUT2D eigenvalue weighted by Crippen LogP contribution is 2.85. The zero-order chi connectivity index (χ0) is 20.2. The van der Waals surface area contributed by atoms with Crippen LogP contribution < -0.4 is 10.5 Å². The molecule has 30 heavy (non-hydrogen) atoms. The summed E-state index contributed by atoms with van der Waals surface area (Å²) in [6.45, 7) is 1.07. The average molecular weight is 424 g/mol. The van der Waals surface area contributed by atoms with Crippen LogP contribution in [0.1, 0.15) is 11.7 Å². The van der Waals surface area contributed by atoms with E-state index in [0.717, 1.165) is 12.4 Å². The third-order valence-corrected chi connectivity index (χ3v) is 6.93. The van der Waals surface area contributed by atoms with Crippen molar-refractivity contribution in [2.75, 3.05) is 11.4 Å². The predicted molar refractivity (Wildman–Crippen MR) is 103 cm³/mol. The molecule has 11 nitrogen and oxygen atoms in total. The van der Waals surface area contributed by atoms with Gasteiger partial charge in [-0.05, 0) is 18.1 Å². The van der Waals surface area contributed by atoms with E-state index >= 15 is 0 Å². The molecule has 0 radical (unpaired) electrons. The number of aryl methyl sites for hydroxylation is 1. The monoisotopic (exact) mass is 423 g/mol. The molecule has 1 unspecified atom stereocenters. The normalized spacial score (nSPS) is 28.2. The van der Waals surface area contributed by atoms with Gasteiger partial charge in [0.05, 0.1) is 5.41 Å². The van der Waals surface area contributed by atoms with E-state index < -0.39 is 0 Å². The highest BCUT2D eigenvalue weighted by atomic mass is 35.5. The summed E-state index contributed by atoms with van der Waals surface area (Å²) in [7, 11) is 1.66. The summed E-state index contributed by atoms with van der Waals surface area (Å²) in [4.78, 5) is 28.2. The van der Waals surface area contributed by atoms with E-state index in [-0.39, 0.29) is 17.5 Å². The molecule has 2 aliphatic heterocycles. The number of hydrogen-bond donors (Lipinski definition) is 0. The van der Waals surface area contributed by atoms with Crippen molar-refractivity contribution in [3.8, 4) is 0 Å². The van der Waals surface area contributed by atoms with Gasteiger partial charge in [-0.15, -0.1) is 5.10 Å². The van der Waals surface area contributed by atoms with Crippen molar-refractivity contribution in [3.05, 3.63) is 51.7 Å². The summed E-state index contributed by atoms with van der Waals surface area (Å²) in [6, 6.07) is 4.00. The number of nitrogens with zero attached hydrogens (tertiary/aromatic N) is 9. The number of halogens is 1. The quantitative estimate of drug-likeness (QED) is 0.458. The SMILES string of the molecule is Cn1nnc2ncn(Cc3nc([C@@]45C6[C@H]4[C@H]5CN6c4cc(Cl)ccn4)no3)c(=O)c21. The van der Waals surface area contributed by atoms with Crippen molar-refractivity contribution in [1.82, 2.24) is 39.7 Å². The summed E-state index contributed by atoms with van der Waals surface area (Å²) in [5, 5.41) is 12.6. The molecule has 150 valence electrons. The lowest BCUT2D eigenvalue weighted by Crippen LogP contribution is -2.24.